The Kier molecular flexibility index (Phi) is 5.98. The minimum absolute atomic E-state index is 0.0954. The molecule has 1 N–H and O–H groups in total. The first-order chi connectivity index (χ1) is 9.01. The summed E-state index contributed by atoms with van der Waals surface area (Å²) in [6.45, 7) is 4.95. The molecule has 19 heavy (non-hydrogen) atoms. The molecule has 0 aromatic carbocycles. The highest BCUT2D eigenvalue weighted by atomic mass is 32.1. The molecule has 6 heteroatoms. The van der Waals surface area contributed by atoms with Crippen molar-refractivity contribution in [2.45, 2.75) is 26.3 Å². The third-order valence-electron chi connectivity index (χ3n) is 2.95. The van der Waals surface area contributed by atoms with Crippen molar-refractivity contribution in [1.82, 2.24) is 4.90 Å². The average Bonchev–Trinajstić information content (AvgIpc) is 2.88. The molecule has 1 aromatic rings. The van der Waals surface area contributed by atoms with Gasteiger partial charge in [-0.15, -0.1) is 11.3 Å². The summed E-state index contributed by atoms with van der Waals surface area (Å²) in [6.07, 6.45) is 0.840. The van der Waals surface area contributed by atoms with Gasteiger partial charge in [0.15, 0.2) is 0 Å². The van der Waals surface area contributed by atoms with Crippen molar-refractivity contribution in [3.63, 3.8) is 0 Å². The molecule has 0 spiro atoms. The fraction of sp³-hybridized carbons (Fsp3) is 0.538. The van der Waals surface area contributed by atoms with Crippen molar-refractivity contribution >= 4 is 23.2 Å². The summed E-state index contributed by atoms with van der Waals surface area (Å²) >= 11 is 1.01. The maximum Gasteiger partial charge on any atom is 0.345 e. The monoisotopic (exact) mass is 285 g/mol. The van der Waals surface area contributed by atoms with Crippen molar-refractivity contribution < 1.29 is 19.4 Å². The first-order valence-corrected chi connectivity index (χ1v) is 6.95. The third-order valence-corrected chi connectivity index (χ3v) is 4.01. The summed E-state index contributed by atoms with van der Waals surface area (Å²) in [5.74, 6) is -1.14. The summed E-state index contributed by atoms with van der Waals surface area (Å²) in [5.41, 5.74) is 0. The zero-order valence-corrected chi connectivity index (χ0v) is 12.2. The molecule has 0 radical (unpaired) electrons. The van der Waals surface area contributed by atoms with Crippen molar-refractivity contribution in [1.29, 1.82) is 0 Å². The lowest BCUT2D eigenvalue weighted by Crippen LogP contribution is -2.40. The topological polar surface area (TPSA) is 66.8 Å². The molecule has 1 heterocycles. The molecule has 5 nitrogen and oxygen atoms in total. The smallest absolute Gasteiger partial charge is 0.345 e. The second kappa shape index (κ2) is 7.25. The zero-order valence-electron chi connectivity index (χ0n) is 11.4. The van der Waals surface area contributed by atoms with Crippen LogP contribution in [0, 0.1) is 0 Å². The van der Waals surface area contributed by atoms with Crippen LogP contribution < -0.4 is 0 Å². The summed E-state index contributed by atoms with van der Waals surface area (Å²) in [4.78, 5) is 25.6. The van der Waals surface area contributed by atoms with E-state index in [0.29, 0.717) is 18.0 Å². The van der Waals surface area contributed by atoms with E-state index in [1.165, 1.54) is 6.07 Å². The predicted octanol–water partition coefficient (Wildman–Crippen LogP) is 2.33. The van der Waals surface area contributed by atoms with Crippen LogP contribution in [0.2, 0.25) is 0 Å². The van der Waals surface area contributed by atoms with Crippen molar-refractivity contribution in [3.8, 4) is 0 Å². The summed E-state index contributed by atoms with van der Waals surface area (Å²) < 4.78 is 5.01. The number of amides is 1. The molecule has 0 saturated heterocycles. The lowest BCUT2D eigenvalue weighted by atomic mass is 10.2. The van der Waals surface area contributed by atoms with E-state index in [-0.39, 0.29) is 16.8 Å². The van der Waals surface area contributed by atoms with Gasteiger partial charge in [-0.05, 0) is 25.5 Å². The first-order valence-electron chi connectivity index (χ1n) is 6.14. The fourth-order valence-corrected chi connectivity index (χ4v) is 2.44. The molecule has 0 saturated carbocycles. The van der Waals surface area contributed by atoms with Crippen molar-refractivity contribution in [3.05, 3.63) is 21.9 Å². The Bertz CT molecular complexity index is 444. The molecule has 0 aliphatic heterocycles. The number of hydrogen-bond acceptors (Lipinski definition) is 4. The molecule has 106 valence electrons. The molecule has 1 unspecified atom stereocenters. The number of carbonyl (C=O) groups excluding carboxylic acids is 1. The number of rotatable bonds is 7. The number of nitrogens with zero attached hydrogens (tertiary/aromatic N) is 1. The molecular formula is C13H19NO4S. The Morgan fingerprint density at radius 2 is 2.05 bits per heavy atom. The van der Waals surface area contributed by atoms with Gasteiger partial charge in [0.2, 0.25) is 0 Å². The molecule has 0 aliphatic carbocycles. The fourth-order valence-electron chi connectivity index (χ4n) is 1.64. The van der Waals surface area contributed by atoms with Gasteiger partial charge >= 0.3 is 5.97 Å². The SMILES string of the molecule is CCC(C)N(CCOC)C(=O)c1ccc(C(=O)O)s1. The maximum absolute atomic E-state index is 12.4. The van der Waals surface area contributed by atoms with Crippen LogP contribution in [0.3, 0.4) is 0 Å². The van der Waals surface area contributed by atoms with Crippen LogP contribution in [0.4, 0.5) is 0 Å². The number of hydrogen-bond donors (Lipinski definition) is 1. The minimum atomic E-state index is -1.00. The van der Waals surface area contributed by atoms with Crippen molar-refractivity contribution in [2.24, 2.45) is 0 Å². The van der Waals surface area contributed by atoms with Gasteiger partial charge in [-0.25, -0.2) is 4.79 Å². The molecule has 1 amide bonds. The van der Waals surface area contributed by atoms with Gasteiger partial charge < -0.3 is 14.7 Å². The Morgan fingerprint density at radius 1 is 1.42 bits per heavy atom. The van der Waals surface area contributed by atoms with Gasteiger partial charge in [0.05, 0.1) is 11.5 Å². The molecule has 0 bridgehead atoms. The normalized spacial score (nSPS) is 12.2. The van der Waals surface area contributed by atoms with Gasteiger partial charge in [0.1, 0.15) is 4.88 Å². The van der Waals surface area contributed by atoms with E-state index in [1.54, 1.807) is 18.1 Å². The second-order valence-corrected chi connectivity index (χ2v) is 5.30. The Hall–Kier alpha value is -1.40. The number of carbonyl (C=O) groups is 2. The standard InChI is InChI=1S/C13H19NO4S/c1-4-9(2)14(7-8-18-3)12(15)10-5-6-11(19-10)13(16)17/h5-6,9H,4,7-8H2,1-3H3,(H,16,17). The number of carboxylic acid groups (broad SMARTS) is 1. The first kappa shape index (κ1) is 15.7. The van der Waals surface area contributed by atoms with Crippen LogP contribution in [0.15, 0.2) is 12.1 Å². The van der Waals surface area contributed by atoms with Crippen molar-refractivity contribution in [2.75, 3.05) is 20.3 Å². The van der Waals surface area contributed by atoms with E-state index < -0.39 is 5.97 Å². The van der Waals surface area contributed by atoms with E-state index in [9.17, 15) is 9.59 Å². The highest BCUT2D eigenvalue weighted by Crippen LogP contribution is 2.20. The summed E-state index contributed by atoms with van der Waals surface area (Å²) in [5, 5.41) is 8.88. The largest absolute Gasteiger partial charge is 0.477 e. The predicted molar refractivity (Wildman–Crippen MR) is 73.9 cm³/mol. The Morgan fingerprint density at radius 3 is 2.53 bits per heavy atom. The highest BCUT2D eigenvalue weighted by molar-refractivity contribution is 7.15. The third kappa shape index (κ3) is 4.04. The number of methoxy groups -OCH3 is 1. The van der Waals surface area contributed by atoms with Crippen LogP contribution in [0.1, 0.15) is 39.6 Å². The molecule has 1 rings (SSSR count). The molecule has 1 aromatic heterocycles. The number of aromatic carboxylic acids is 1. The van der Waals surface area contributed by atoms with E-state index in [4.69, 9.17) is 9.84 Å². The summed E-state index contributed by atoms with van der Waals surface area (Å²) in [7, 11) is 1.59. The van der Waals surface area contributed by atoms with Crippen LogP contribution in [-0.2, 0) is 4.74 Å². The zero-order chi connectivity index (χ0) is 14.4. The molecule has 1 atom stereocenters. The van der Waals surface area contributed by atoms with E-state index >= 15 is 0 Å². The van der Waals surface area contributed by atoms with Crippen LogP contribution >= 0.6 is 11.3 Å². The minimum Gasteiger partial charge on any atom is -0.477 e. The lowest BCUT2D eigenvalue weighted by molar-refractivity contribution is 0.0618. The molecule has 0 fully saturated rings. The lowest BCUT2D eigenvalue weighted by Gasteiger charge is -2.27. The van der Waals surface area contributed by atoms with Crippen LogP contribution in [-0.4, -0.2) is 48.2 Å². The van der Waals surface area contributed by atoms with Gasteiger partial charge in [-0.2, -0.15) is 0 Å². The number of ether oxygens (including phenoxy) is 1. The van der Waals surface area contributed by atoms with Crippen LogP contribution in [0.5, 0.6) is 0 Å². The van der Waals surface area contributed by atoms with Gasteiger partial charge in [-0.1, -0.05) is 6.92 Å². The number of thiophene rings is 1. The van der Waals surface area contributed by atoms with E-state index in [0.717, 1.165) is 17.8 Å². The maximum atomic E-state index is 12.4. The van der Waals surface area contributed by atoms with E-state index in [1.807, 2.05) is 13.8 Å². The number of carboxylic acids is 1. The second-order valence-electron chi connectivity index (χ2n) is 4.22. The average molecular weight is 285 g/mol. The quantitative estimate of drug-likeness (QED) is 0.835. The van der Waals surface area contributed by atoms with Crippen LogP contribution in [0.25, 0.3) is 0 Å². The van der Waals surface area contributed by atoms with Gasteiger partial charge in [0, 0.05) is 19.7 Å². The van der Waals surface area contributed by atoms with Gasteiger partial charge in [0.25, 0.3) is 5.91 Å². The highest BCUT2D eigenvalue weighted by Gasteiger charge is 2.22. The van der Waals surface area contributed by atoms with Gasteiger partial charge in [-0.3, -0.25) is 4.79 Å². The Balaban J connectivity index is 2.87. The molecular weight excluding hydrogens is 266 g/mol. The summed E-state index contributed by atoms with van der Waals surface area (Å²) in [6, 6.07) is 3.13. The Labute approximate surface area is 116 Å². The molecule has 0 aliphatic rings. The van der Waals surface area contributed by atoms with E-state index in [2.05, 4.69) is 0 Å².